The van der Waals surface area contributed by atoms with Crippen LogP contribution in [0.2, 0.25) is 0 Å². The predicted octanol–water partition coefficient (Wildman–Crippen LogP) is 26.5. The number of rotatable bonds is 8. The molecule has 0 fully saturated rings. The van der Waals surface area contributed by atoms with Crippen LogP contribution in [-0.4, -0.2) is 13.7 Å². The summed E-state index contributed by atoms with van der Waals surface area (Å²) in [7, 11) is 0. The minimum atomic E-state index is -0.338. The Morgan fingerprint density at radius 1 is 0.175 bits per heavy atom. The van der Waals surface area contributed by atoms with Gasteiger partial charge >= 0.3 is 16.9 Å². The maximum absolute atomic E-state index is 14.0. The summed E-state index contributed by atoms with van der Waals surface area (Å²) in [6.07, 6.45) is 0. The van der Waals surface area contributed by atoms with E-state index in [1.54, 1.807) is 0 Å². The number of nitrogens with zero attached hydrogens (tertiary/aromatic N) is 3. The largest absolute Gasteiger partial charge is 0.422 e. The standard InChI is InChI=1S/C43H27NO2.2C31H19NO2/c45-43-41-36(29-15-6-2-7-16-29)26-31(28-13-4-1-5-14-28)27-38(41)35-21-12-20-33(42(35)46-43)30-23-24-40-37(25-30)34-19-10-11-22-39(34)44(40)32-17-8-3-9-18-32;33-31-26-12-5-4-10-23(26)25-16-14-21(19-30(25)34-31)20-15-17-29-27(18-20)24-11-6-7-13-28(24)32(29)22-8-2-1-3-9-22;33-31-25-12-5-4-10-23(25)27-19-21(15-17-30(27)34-31)20-14-16-29-26(18-20)24-11-6-7-13-28(24)32(29)22-8-2-1-3-9-22/h1-27H;2*1-19H. The molecular weight excluding hydrogens is 1400 g/mol. The molecule has 0 radical (unpaired) electrons. The Balaban J connectivity index is 0.000000109. The highest BCUT2D eigenvalue weighted by Gasteiger charge is 2.22. The number of hydrogen-bond acceptors (Lipinski definition) is 6. The van der Waals surface area contributed by atoms with E-state index in [4.69, 9.17) is 13.3 Å². The molecule has 6 heterocycles. The van der Waals surface area contributed by atoms with E-state index in [0.29, 0.717) is 32.9 Å². The van der Waals surface area contributed by atoms with Crippen molar-refractivity contribution >= 4 is 131 Å². The molecule has 0 aliphatic rings. The van der Waals surface area contributed by atoms with E-state index < -0.39 is 0 Å². The van der Waals surface area contributed by atoms with Crippen LogP contribution in [0.25, 0.3) is 203 Å². The molecule has 17 aromatic carbocycles. The molecule has 0 atom stereocenters. The third kappa shape index (κ3) is 11.4. The zero-order valence-electron chi connectivity index (χ0n) is 61.3. The fourth-order valence-corrected chi connectivity index (χ4v) is 17.1. The lowest BCUT2D eigenvalue weighted by atomic mass is 9.91. The van der Waals surface area contributed by atoms with Gasteiger partial charge in [0.05, 0.1) is 49.3 Å². The molecule has 23 aromatic rings. The van der Waals surface area contributed by atoms with Gasteiger partial charge in [0, 0.05) is 76.5 Å². The Labute approximate surface area is 651 Å². The number of aromatic nitrogens is 3. The van der Waals surface area contributed by atoms with Crippen molar-refractivity contribution in [2.45, 2.75) is 0 Å². The van der Waals surface area contributed by atoms with Crippen molar-refractivity contribution in [3.63, 3.8) is 0 Å². The topological polar surface area (TPSA) is 105 Å². The molecule has 536 valence electrons. The van der Waals surface area contributed by atoms with E-state index in [0.717, 1.165) is 127 Å². The maximum Gasteiger partial charge on any atom is 0.344 e. The molecule has 6 aromatic heterocycles. The molecule has 0 spiro atoms. The van der Waals surface area contributed by atoms with Crippen molar-refractivity contribution in [1.29, 1.82) is 0 Å². The molecule has 0 amide bonds. The molecule has 114 heavy (non-hydrogen) atoms. The molecule has 23 rings (SSSR count). The Bertz CT molecular complexity index is 7980. The number of hydrogen-bond donors (Lipinski definition) is 0. The van der Waals surface area contributed by atoms with Gasteiger partial charge in [0.15, 0.2) is 0 Å². The molecule has 0 saturated carbocycles. The molecule has 0 unspecified atom stereocenters. The Morgan fingerprint density at radius 3 is 1.04 bits per heavy atom. The highest BCUT2D eigenvalue weighted by molar-refractivity contribution is 6.17. The fourth-order valence-electron chi connectivity index (χ4n) is 17.1. The van der Waals surface area contributed by atoms with Gasteiger partial charge in [0.25, 0.3) is 0 Å². The summed E-state index contributed by atoms with van der Waals surface area (Å²) in [6, 6.07) is 135. The van der Waals surface area contributed by atoms with Crippen LogP contribution in [-0.2, 0) is 0 Å². The normalized spacial score (nSPS) is 11.6. The van der Waals surface area contributed by atoms with Crippen LogP contribution in [0.4, 0.5) is 0 Å². The third-order valence-corrected chi connectivity index (χ3v) is 22.3. The van der Waals surface area contributed by atoms with Crippen LogP contribution >= 0.6 is 0 Å². The molecule has 0 aliphatic carbocycles. The van der Waals surface area contributed by atoms with Gasteiger partial charge in [-0.05, 0) is 200 Å². The van der Waals surface area contributed by atoms with Gasteiger partial charge in [0.1, 0.15) is 16.7 Å². The van der Waals surface area contributed by atoms with Gasteiger partial charge in [-0.1, -0.05) is 255 Å². The van der Waals surface area contributed by atoms with Crippen molar-refractivity contribution in [3.8, 4) is 72.7 Å². The lowest BCUT2D eigenvalue weighted by Crippen LogP contribution is -2.03. The minimum absolute atomic E-state index is 0.300. The first-order valence-electron chi connectivity index (χ1n) is 38.1. The average molecular weight is 1460 g/mol. The van der Waals surface area contributed by atoms with Crippen molar-refractivity contribution in [1.82, 2.24) is 13.7 Å². The minimum Gasteiger partial charge on any atom is -0.422 e. The number of fused-ring (bicyclic) bond motifs is 18. The lowest BCUT2D eigenvalue weighted by Gasteiger charge is -2.14. The van der Waals surface area contributed by atoms with Crippen molar-refractivity contribution in [3.05, 3.63) is 426 Å². The lowest BCUT2D eigenvalue weighted by molar-refractivity contribution is 0.569. The van der Waals surface area contributed by atoms with E-state index in [1.165, 1.54) is 43.5 Å². The van der Waals surface area contributed by atoms with Gasteiger partial charge in [-0.15, -0.1) is 0 Å². The monoisotopic (exact) mass is 1460 g/mol. The first-order chi connectivity index (χ1) is 56.3. The second-order valence-corrected chi connectivity index (χ2v) is 28.8. The third-order valence-electron chi connectivity index (χ3n) is 22.3. The quantitative estimate of drug-likeness (QED) is 0.111. The van der Waals surface area contributed by atoms with Gasteiger partial charge in [-0.2, -0.15) is 0 Å². The summed E-state index contributed by atoms with van der Waals surface area (Å²) in [5.41, 5.74) is 21.5. The molecule has 0 N–H and O–H groups in total. The Morgan fingerprint density at radius 2 is 0.535 bits per heavy atom. The second kappa shape index (κ2) is 27.6. The molecular formula is C105H65N3O6. The van der Waals surface area contributed by atoms with Gasteiger partial charge < -0.3 is 27.0 Å². The average Bonchev–Trinajstić information content (AvgIpc) is 0.957. The van der Waals surface area contributed by atoms with Crippen LogP contribution in [0.15, 0.2) is 422 Å². The summed E-state index contributed by atoms with van der Waals surface area (Å²) >= 11 is 0. The summed E-state index contributed by atoms with van der Waals surface area (Å²) in [6.45, 7) is 0. The van der Waals surface area contributed by atoms with Gasteiger partial charge in [-0.3, -0.25) is 0 Å². The van der Waals surface area contributed by atoms with Crippen LogP contribution < -0.4 is 16.9 Å². The van der Waals surface area contributed by atoms with Gasteiger partial charge in [-0.25, -0.2) is 14.4 Å². The van der Waals surface area contributed by atoms with E-state index >= 15 is 0 Å². The fraction of sp³-hybridized carbons (Fsp3) is 0. The number of para-hydroxylation sites is 7. The predicted molar refractivity (Wildman–Crippen MR) is 470 cm³/mol. The zero-order chi connectivity index (χ0) is 75.9. The van der Waals surface area contributed by atoms with E-state index in [1.807, 2.05) is 146 Å². The smallest absolute Gasteiger partial charge is 0.344 e. The van der Waals surface area contributed by atoms with Crippen molar-refractivity contribution < 1.29 is 13.3 Å². The zero-order valence-corrected chi connectivity index (χ0v) is 61.3. The first-order valence-corrected chi connectivity index (χ1v) is 38.1. The second-order valence-electron chi connectivity index (χ2n) is 28.8. The summed E-state index contributed by atoms with van der Waals surface area (Å²) in [4.78, 5) is 38.9. The van der Waals surface area contributed by atoms with Gasteiger partial charge in [0.2, 0.25) is 0 Å². The van der Waals surface area contributed by atoms with Crippen LogP contribution in [0.5, 0.6) is 0 Å². The van der Waals surface area contributed by atoms with Crippen molar-refractivity contribution in [2.75, 3.05) is 0 Å². The summed E-state index contributed by atoms with van der Waals surface area (Å²) in [5, 5.41) is 14.5. The Kier molecular flexibility index (Phi) is 16.1. The van der Waals surface area contributed by atoms with Crippen LogP contribution in [0.1, 0.15) is 0 Å². The summed E-state index contributed by atoms with van der Waals surface area (Å²) in [5.74, 6) is 0. The van der Waals surface area contributed by atoms with E-state index in [2.05, 4.69) is 262 Å². The summed E-state index contributed by atoms with van der Waals surface area (Å²) < 4.78 is 24.5. The molecule has 0 saturated heterocycles. The molecule has 9 nitrogen and oxygen atoms in total. The van der Waals surface area contributed by atoms with E-state index in [-0.39, 0.29) is 16.9 Å². The van der Waals surface area contributed by atoms with E-state index in [9.17, 15) is 14.4 Å². The molecule has 0 aliphatic heterocycles. The van der Waals surface area contributed by atoms with Crippen LogP contribution in [0, 0.1) is 0 Å². The SMILES string of the molecule is O=c1oc2c(-c3ccc4c(c3)c3ccccc3n4-c3ccccc3)cccc2c2cc(-c3ccccc3)cc(-c3ccccc3)c12.O=c1oc2cc(-c3ccc4c(c3)c3ccccc3n4-c3ccccc3)ccc2c2ccccc12.O=c1oc2ccc(-c3ccc4c(c3)c3ccccc3n4-c3ccccc3)cc2c2ccccc12. The molecule has 9 heteroatoms. The number of benzene rings is 17. The maximum atomic E-state index is 14.0. The first kappa shape index (κ1) is 66.7. The van der Waals surface area contributed by atoms with Crippen LogP contribution in [0.3, 0.4) is 0 Å². The highest BCUT2D eigenvalue weighted by Crippen LogP contribution is 2.43. The van der Waals surface area contributed by atoms with Crippen molar-refractivity contribution in [2.24, 2.45) is 0 Å². The molecule has 0 bridgehead atoms. The Hall–Kier alpha value is -15.5. The highest BCUT2D eigenvalue weighted by atomic mass is 16.4.